The largest absolute Gasteiger partial charge is 0.396 e. The summed E-state index contributed by atoms with van der Waals surface area (Å²) < 4.78 is 26.0. The Balaban J connectivity index is 1.92. The normalized spacial score (nSPS) is 11.8. The topological polar surface area (TPSA) is 66.4 Å². The number of aliphatic hydroxyl groups excluding tert-OH is 1. The van der Waals surface area contributed by atoms with Gasteiger partial charge in [-0.05, 0) is 30.2 Å². The van der Waals surface area contributed by atoms with Crippen molar-refractivity contribution in [3.63, 3.8) is 0 Å². The molecule has 0 saturated heterocycles. The maximum absolute atomic E-state index is 13.2. The Hall–Kier alpha value is -2.60. The molecule has 1 unspecified atom stereocenters. The van der Waals surface area contributed by atoms with Crippen LogP contribution in [0.1, 0.15) is 41.2 Å². The van der Waals surface area contributed by atoms with E-state index in [1.54, 1.807) is 0 Å². The van der Waals surface area contributed by atoms with Crippen LogP contribution in [0, 0.1) is 11.6 Å². The molecule has 2 aromatic rings. The fourth-order valence-corrected chi connectivity index (χ4v) is 2.44. The van der Waals surface area contributed by atoms with Gasteiger partial charge in [0.25, 0.3) is 0 Å². The molecular weight excluding hydrogens is 328 g/mol. The van der Waals surface area contributed by atoms with Crippen LogP contribution in [-0.4, -0.2) is 23.4 Å². The van der Waals surface area contributed by atoms with Gasteiger partial charge < -0.3 is 10.4 Å². The number of hydrogen-bond acceptors (Lipinski definition) is 3. The Bertz CT molecular complexity index is 735. The molecule has 0 fully saturated rings. The van der Waals surface area contributed by atoms with Crippen LogP contribution in [0.2, 0.25) is 0 Å². The molecule has 0 heterocycles. The van der Waals surface area contributed by atoms with Crippen molar-refractivity contribution in [3.8, 4) is 0 Å². The molecular formula is C19H19F2NO3. The predicted molar refractivity (Wildman–Crippen MR) is 89.0 cm³/mol. The molecule has 6 heteroatoms. The summed E-state index contributed by atoms with van der Waals surface area (Å²) in [5.41, 5.74) is 0.887. The average molecular weight is 347 g/mol. The van der Waals surface area contributed by atoms with Gasteiger partial charge in [-0.1, -0.05) is 30.3 Å². The second kappa shape index (κ2) is 9.03. The molecule has 0 radical (unpaired) electrons. The highest BCUT2D eigenvalue weighted by atomic mass is 19.2. The van der Waals surface area contributed by atoms with Gasteiger partial charge in [0.1, 0.15) is 0 Å². The van der Waals surface area contributed by atoms with Crippen molar-refractivity contribution in [2.45, 2.75) is 25.3 Å². The molecule has 0 saturated carbocycles. The number of aliphatic hydroxyl groups is 1. The SMILES string of the molecule is O=C(CCC(=O)c1ccc(F)c(F)c1)NC(CCO)c1ccccc1. The van der Waals surface area contributed by atoms with Gasteiger partial charge >= 0.3 is 0 Å². The van der Waals surface area contributed by atoms with E-state index in [-0.39, 0.29) is 37.0 Å². The summed E-state index contributed by atoms with van der Waals surface area (Å²) >= 11 is 0. The van der Waals surface area contributed by atoms with Gasteiger partial charge in [0.2, 0.25) is 5.91 Å². The van der Waals surface area contributed by atoms with Crippen molar-refractivity contribution in [2.24, 2.45) is 0 Å². The lowest BCUT2D eigenvalue weighted by Gasteiger charge is -2.18. The molecule has 2 aromatic carbocycles. The number of rotatable bonds is 8. The number of nitrogens with one attached hydrogen (secondary N) is 1. The monoisotopic (exact) mass is 347 g/mol. The lowest BCUT2D eigenvalue weighted by molar-refractivity contribution is -0.121. The summed E-state index contributed by atoms with van der Waals surface area (Å²) in [7, 11) is 0. The van der Waals surface area contributed by atoms with Crippen molar-refractivity contribution < 1.29 is 23.5 Å². The second-order valence-electron chi connectivity index (χ2n) is 5.60. The zero-order valence-corrected chi connectivity index (χ0v) is 13.5. The zero-order valence-electron chi connectivity index (χ0n) is 13.5. The maximum Gasteiger partial charge on any atom is 0.220 e. The van der Waals surface area contributed by atoms with Crippen LogP contribution in [0.4, 0.5) is 8.78 Å². The number of hydrogen-bond donors (Lipinski definition) is 2. The van der Waals surface area contributed by atoms with E-state index in [1.165, 1.54) is 6.07 Å². The number of carbonyl (C=O) groups is 2. The molecule has 132 valence electrons. The van der Waals surface area contributed by atoms with Gasteiger partial charge in [0.15, 0.2) is 17.4 Å². The molecule has 0 spiro atoms. The summed E-state index contributed by atoms with van der Waals surface area (Å²) in [6.45, 7) is -0.0897. The van der Waals surface area contributed by atoms with Gasteiger partial charge in [-0.3, -0.25) is 9.59 Å². The van der Waals surface area contributed by atoms with Crippen molar-refractivity contribution in [2.75, 3.05) is 6.61 Å². The Kier molecular flexibility index (Phi) is 6.77. The van der Waals surface area contributed by atoms with Crippen LogP contribution in [-0.2, 0) is 4.79 Å². The summed E-state index contributed by atoms with van der Waals surface area (Å²) in [6.07, 6.45) is 0.164. The Morgan fingerprint density at radius 3 is 2.36 bits per heavy atom. The minimum atomic E-state index is -1.10. The highest BCUT2D eigenvalue weighted by Crippen LogP contribution is 2.17. The summed E-state index contributed by atoms with van der Waals surface area (Å²) in [4.78, 5) is 24.1. The van der Waals surface area contributed by atoms with Crippen LogP contribution in [0.3, 0.4) is 0 Å². The smallest absolute Gasteiger partial charge is 0.220 e. The molecule has 0 aliphatic carbocycles. The van der Waals surface area contributed by atoms with E-state index < -0.39 is 17.4 Å². The first-order chi connectivity index (χ1) is 12.0. The zero-order chi connectivity index (χ0) is 18.2. The summed E-state index contributed by atoms with van der Waals surface area (Å²) in [6, 6.07) is 11.7. The van der Waals surface area contributed by atoms with Crippen LogP contribution in [0.25, 0.3) is 0 Å². The van der Waals surface area contributed by atoms with Crippen LogP contribution < -0.4 is 5.32 Å². The maximum atomic E-state index is 13.2. The first-order valence-corrected chi connectivity index (χ1v) is 7.94. The van der Waals surface area contributed by atoms with Crippen molar-refractivity contribution in [1.29, 1.82) is 0 Å². The molecule has 0 aliphatic rings. The van der Waals surface area contributed by atoms with E-state index in [2.05, 4.69) is 5.32 Å². The van der Waals surface area contributed by atoms with Crippen LogP contribution in [0.5, 0.6) is 0 Å². The minimum absolute atomic E-state index is 0.0293. The van der Waals surface area contributed by atoms with E-state index >= 15 is 0 Å². The quantitative estimate of drug-likeness (QED) is 0.721. The number of benzene rings is 2. The van der Waals surface area contributed by atoms with Crippen molar-refractivity contribution in [1.82, 2.24) is 5.32 Å². The molecule has 1 amide bonds. The highest BCUT2D eigenvalue weighted by Gasteiger charge is 2.16. The van der Waals surface area contributed by atoms with E-state index in [9.17, 15) is 18.4 Å². The number of carbonyl (C=O) groups excluding carboxylic acids is 2. The Labute approximate surface area is 144 Å². The van der Waals surface area contributed by atoms with Crippen molar-refractivity contribution >= 4 is 11.7 Å². The van der Waals surface area contributed by atoms with Gasteiger partial charge in [-0.2, -0.15) is 0 Å². The summed E-state index contributed by atoms with van der Waals surface area (Å²) in [5, 5.41) is 11.9. The van der Waals surface area contributed by atoms with Gasteiger partial charge in [0.05, 0.1) is 6.04 Å². The molecule has 2 N–H and O–H groups in total. The first-order valence-electron chi connectivity index (χ1n) is 7.94. The third kappa shape index (κ3) is 5.46. The van der Waals surface area contributed by atoms with E-state index in [1.807, 2.05) is 30.3 Å². The van der Waals surface area contributed by atoms with E-state index in [0.717, 1.165) is 17.7 Å². The number of amides is 1. The molecule has 0 bridgehead atoms. The molecule has 1 atom stereocenters. The highest BCUT2D eigenvalue weighted by molar-refractivity contribution is 5.97. The molecule has 25 heavy (non-hydrogen) atoms. The number of Topliss-reactive ketones (excluding diaryl/α,β-unsaturated/α-hetero) is 1. The van der Waals surface area contributed by atoms with Crippen molar-refractivity contribution in [3.05, 3.63) is 71.3 Å². The lowest BCUT2D eigenvalue weighted by atomic mass is 10.0. The van der Waals surface area contributed by atoms with Crippen LogP contribution in [0.15, 0.2) is 48.5 Å². The number of halogens is 2. The van der Waals surface area contributed by atoms with E-state index in [4.69, 9.17) is 5.11 Å². The molecule has 4 nitrogen and oxygen atoms in total. The van der Waals surface area contributed by atoms with Gasteiger partial charge in [0, 0.05) is 25.0 Å². The molecule has 0 aliphatic heterocycles. The fraction of sp³-hybridized carbons (Fsp3) is 0.263. The number of ketones is 1. The third-order valence-corrected chi connectivity index (χ3v) is 3.78. The molecule has 0 aromatic heterocycles. The average Bonchev–Trinajstić information content (AvgIpc) is 2.62. The summed E-state index contributed by atoms with van der Waals surface area (Å²) in [5.74, 6) is -2.91. The second-order valence-corrected chi connectivity index (χ2v) is 5.60. The standard InChI is InChI=1S/C19H19F2NO3/c20-15-7-6-14(12-16(15)21)18(24)8-9-19(25)22-17(10-11-23)13-4-2-1-3-5-13/h1-7,12,17,23H,8-11H2,(H,22,25). The fourth-order valence-electron chi connectivity index (χ4n) is 2.44. The minimum Gasteiger partial charge on any atom is -0.396 e. The van der Waals surface area contributed by atoms with Gasteiger partial charge in [-0.25, -0.2) is 8.78 Å². The van der Waals surface area contributed by atoms with E-state index in [0.29, 0.717) is 6.42 Å². The van der Waals surface area contributed by atoms with Gasteiger partial charge in [-0.15, -0.1) is 0 Å². The third-order valence-electron chi connectivity index (χ3n) is 3.78. The molecule has 2 rings (SSSR count). The Morgan fingerprint density at radius 2 is 1.72 bits per heavy atom. The lowest BCUT2D eigenvalue weighted by Crippen LogP contribution is -2.29. The first kappa shape index (κ1) is 18.7. The Morgan fingerprint density at radius 1 is 1.00 bits per heavy atom. The predicted octanol–water partition coefficient (Wildman–Crippen LogP) is 3.17. The van der Waals surface area contributed by atoms with Crippen LogP contribution >= 0.6 is 0 Å².